The van der Waals surface area contributed by atoms with Gasteiger partial charge in [-0.15, -0.1) is 0 Å². The molecule has 0 aliphatic carbocycles. The second-order valence-corrected chi connectivity index (χ2v) is 3.45. The predicted molar refractivity (Wildman–Crippen MR) is 66.5 cm³/mol. The van der Waals surface area contributed by atoms with Crippen molar-refractivity contribution in [2.75, 3.05) is 0 Å². The molecule has 0 fully saturated rings. The summed E-state index contributed by atoms with van der Waals surface area (Å²) in [5.74, 6) is 0.0989. The zero-order valence-electron chi connectivity index (χ0n) is 9.04. The average Bonchev–Trinajstić information content (AvgIpc) is 2.89. The van der Waals surface area contributed by atoms with Crippen LogP contribution in [-0.2, 0) is 0 Å². The van der Waals surface area contributed by atoms with Crippen molar-refractivity contribution in [2.45, 2.75) is 0 Å². The van der Waals surface area contributed by atoms with Gasteiger partial charge in [0.25, 0.3) is 0 Å². The molecule has 0 aliphatic rings. The third-order valence-electron chi connectivity index (χ3n) is 2.26. The van der Waals surface area contributed by atoms with Crippen LogP contribution >= 0.6 is 0 Å². The normalized spacial score (nSPS) is 12.1. The van der Waals surface area contributed by atoms with E-state index in [0.717, 1.165) is 11.3 Å². The summed E-state index contributed by atoms with van der Waals surface area (Å²) >= 11 is 0. The van der Waals surface area contributed by atoms with E-state index >= 15 is 0 Å². The third kappa shape index (κ3) is 2.72. The van der Waals surface area contributed by atoms with Gasteiger partial charge in [-0.25, -0.2) is 4.98 Å². The van der Waals surface area contributed by atoms with Crippen molar-refractivity contribution in [3.05, 3.63) is 53.6 Å². The first-order valence-corrected chi connectivity index (χ1v) is 5.04. The lowest BCUT2D eigenvalue weighted by Crippen LogP contribution is -2.12. The highest BCUT2D eigenvalue weighted by atomic mass is 16.4. The largest absolute Gasteiger partial charge is 0.409 e. The van der Waals surface area contributed by atoms with Crippen LogP contribution in [0.2, 0.25) is 0 Å². The van der Waals surface area contributed by atoms with E-state index in [9.17, 15) is 0 Å². The highest BCUT2D eigenvalue weighted by molar-refractivity contribution is 5.97. The fraction of sp³-hybridized carbons (Fsp3) is 0. The van der Waals surface area contributed by atoms with E-state index in [0.29, 0.717) is 5.56 Å². The van der Waals surface area contributed by atoms with E-state index in [4.69, 9.17) is 10.9 Å². The molecule has 86 valence electrons. The Bertz CT molecular complexity index is 543. The summed E-state index contributed by atoms with van der Waals surface area (Å²) < 4.78 is 0. The standard InChI is InChI=1S/C12H12N4O/c13-12(16-17)10-3-1-2-9(6-10)4-5-11-7-14-8-15-11/h1-8,17H,(H2,13,16)(H,14,15)/b5-4+. The first kappa shape index (κ1) is 10.9. The minimum atomic E-state index is 0.0989. The Morgan fingerprint density at radius 2 is 2.29 bits per heavy atom. The average molecular weight is 228 g/mol. The lowest BCUT2D eigenvalue weighted by atomic mass is 10.1. The Morgan fingerprint density at radius 3 is 3.00 bits per heavy atom. The van der Waals surface area contributed by atoms with Gasteiger partial charge in [-0.1, -0.05) is 29.4 Å². The monoisotopic (exact) mass is 228 g/mol. The Morgan fingerprint density at radius 1 is 1.41 bits per heavy atom. The minimum absolute atomic E-state index is 0.0989. The summed E-state index contributed by atoms with van der Waals surface area (Å²) in [4.78, 5) is 6.88. The van der Waals surface area contributed by atoms with Crippen LogP contribution in [0.3, 0.4) is 0 Å². The number of amidine groups is 1. The van der Waals surface area contributed by atoms with Crippen molar-refractivity contribution < 1.29 is 5.21 Å². The molecule has 0 saturated heterocycles. The predicted octanol–water partition coefficient (Wildman–Crippen LogP) is 1.67. The summed E-state index contributed by atoms with van der Waals surface area (Å²) in [6.45, 7) is 0. The Kier molecular flexibility index (Phi) is 3.20. The molecule has 0 aliphatic heterocycles. The fourth-order valence-corrected chi connectivity index (χ4v) is 1.40. The fourth-order valence-electron chi connectivity index (χ4n) is 1.40. The lowest BCUT2D eigenvalue weighted by Gasteiger charge is -1.99. The van der Waals surface area contributed by atoms with Crippen LogP contribution in [0, 0.1) is 0 Å². The molecule has 0 saturated carbocycles. The lowest BCUT2D eigenvalue weighted by molar-refractivity contribution is 0.318. The first-order valence-electron chi connectivity index (χ1n) is 5.04. The summed E-state index contributed by atoms with van der Waals surface area (Å²) in [7, 11) is 0. The molecule has 2 rings (SSSR count). The summed E-state index contributed by atoms with van der Waals surface area (Å²) in [6.07, 6.45) is 7.16. The molecule has 0 bridgehead atoms. The molecule has 0 radical (unpaired) electrons. The molecular weight excluding hydrogens is 216 g/mol. The van der Waals surface area contributed by atoms with Crippen LogP contribution in [-0.4, -0.2) is 21.0 Å². The van der Waals surface area contributed by atoms with Gasteiger partial charge in [0.15, 0.2) is 5.84 Å². The summed E-state index contributed by atoms with van der Waals surface area (Å²) in [5.41, 5.74) is 8.07. The van der Waals surface area contributed by atoms with E-state index in [1.807, 2.05) is 30.4 Å². The van der Waals surface area contributed by atoms with Gasteiger partial charge in [0.1, 0.15) is 0 Å². The molecule has 1 aromatic heterocycles. The zero-order valence-corrected chi connectivity index (χ0v) is 9.04. The van der Waals surface area contributed by atoms with Crippen LogP contribution in [0.1, 0.15) is 16.8 Å². The molecule has 0 unspecified atom stereocenters. The maximum atomic E-state index is 8.59. The number of imidazole rings is 1. The minimum Gasteiger partial charge on any atom is -0.409 e. The topological polar surface area (TPSA) is 87.3 Å². The van der Waals surface area contributed by atoms with Crippen molar-refractivity contribution in [3.8, 4) is 0 Å². The Labute approximate surface area is 98.3 Å². The number of rotatable bonds is 3. The molecule has 5 heteroatoms. The van der Waals surface area contributed by atoms with Crippen molar-refractivity contribution in [1.82, 2.24) is 9.97 Å². The molecule has 0 atom stereocenters. The quantitative estimate of drug-likeness (QED) is 0.323. The number of hydrogen-bond acceptors (Lipinski definition) is 3. The van der Waals surface area contributed by atoms with Crippen LogP contribution in [0.4, 0.5) is 0 Å². The Balaban J connectivity index is 2.22. The maximum Gasteiger partial charge on any atom is 0.170 e. The van der Waals surface area contributed by atoms with Gasteiger partial charge >= 0.3 is 0 Å². The number of oxime groups is 1. The summed E-state index contributed by atoms with van der Waals surface area (Å²) in [5, 5.41) is 11.6. The van der Waals surface area contributed by atoms with Crippen molar-refractivity contribution >= 4 is 18.0 Å². The number of nitrogens with one attached hydrogen (secondary N) is 1. The van der Waals surface area contributed by atoms with Crippen molar-refractivity contribution in [1.29, 1.82) is 0 Å². The third-order valence-corrected chi connectivity index (χ3v) is 2.26. The Hall–Kier alpha value is -2.56. The molecule has 0 spiro atoms. The number of nitrogens with two attached hydrogens (primary N) is 1. The van der Waals surface area contributed by atoms with Crippen LogP contribution in [0.5, 0.6) is 0 Å². The van der Waals surface area contributed by atoms with E-state index in [1.165, 1.54) is 0 Å². The number of nitrogens with zero attached hydrogens (tertiary/aromatic N) is 2. The van der Waals surface area contributed by atoms with Gasteiger partial charge in [0, 0.05) is 5.56 Å². The second-order valence-electron chi connectivity index (χ2n) is 3.45. The molecular formula is C12H12N4O. The van der Waals surface area contributed by atoms with Crippen LogP contribution in [0.15, 0.2) is 41.9 Å². The highest BCUT2D eigenvalue weighted by Gasteiger charge is 1.98. The molecule has 2 aromatic rings. The van der Waals surface area contributed by atoms with Gasteiger partial charge in [0.05, 0.1) is 18.2 Å². The van der Waals surface area contributed by atoms with Crippen LogP contribution < -0.4 is 5.73 Å². The second kappa shape index (κ2) is 4.98. The highest BCUT2D eigenvalue weighted by Crippen LogP contribution is 2.09. The number of aromatic nitrogens is 2. The van der Waals surface area contributed by atoms with Crippen LogP contribution in [0.25, 0.3) is 12.2 Å². The van der Waals surface area contributed by atoms with Gasteiger partial charge in [-0.05, 0) is 17.7 Å². The van der Waals surface area contributed by atoms with Gasteiger partial charge in [-0.3, -0.25) is 0 Å². The molecule has 1 heterocycles. The van der Waals surface area contributed by atoms with Gasteiger partial charge < -0.3 is 15.9 Å². The first-order chi connectivity index (χ1) is 8.29. The molecule has 1 aromatic carbocycles. The SMILES string of the molecule is N/C(=N\O)c1cccc(/C=C/c2cnc[nH]2)c1. The van der Waals surface area contributed by atoms with Crippen molar-refractivity contribution in [2.24, 2.45) is 10.9 Å². The van der Waals surface area contributed by atoms with E-state index in [2.05, 4.69) is 15.1 Å². The number of hydrogen-bond donors (Lipinski definition) is 3. The summed E-state index contributed by atoms with van der Waals surface area (Å²) in [6, 6.07) is 7.39. The molecule has 5 nitrogen and oxygen atoms in total. The maximum absolute atomic E-state index is 8.59. The number of aromatic amines is 1. The van der Waals surface area contributed by atoms with Gasteiger partial charge in [0.2, 0.25) is 0 Å². The van der Waals surface area contributed by atoms with E-state index in [1.54, 1.807) is 18.6 Å². The van der Waals surface area contributed by atoms with Gasteiger partial charge in [-0.2, -0.15) is 0 Å². The zero-order chi connectivity index (χ0) is 12.1. The number of benzene rings is 1. The van der Waals surface area contributed by atoms with E-state index in [-0.39, 0.29) is 5.84 Å². The molecule has 17 heavy (non-hydrogen) atoms. The van der Waals surface area contributed by atoms with E-state index < -0.39 is 0 Å². The smallest absolute Gasteiger partial charge is 0.170 e. The molecule has 0 amide bonds. The van der Waals surface area contributed by atoms with Crippen molar-refractivity contribution in [3.63, 3.8) is 0 Å². The molecule has 4 N–H and O–H groups in total. The number of H-pyrrole nitrogens is 1.